The lowest BCUT2D eigenvalue weighted by atomic mass is 10.00. The topological polar surface area (TPSA) is 75.7 Å². The van der Waals surface area contributed by atoms with Gasteiger partial charge in [0.15, 0.2) is 0 Å². The Morgan fingerprint density at radius 2 is 2.04 bits per heavy atom. The number of amides is 1. The fraction of sp³-hybridized carbons (Fsp3) is 0.389. The van der Waals surface area contributed by atoms with Crippen LogP contribution in [0, 0.1) is 0 Å². The number of para-hydroxylation sites is 1. The standard InChI is InChI=1S/C18H19ClN2O4S2/c19-16-7-8-17(26-16)27(23,24)21-10-3-5-14(21)18(22)20-13-9-11-25-15-6-2-1-4-12(13)15/h1-2,4,6-8,13-14H,3,5,9-11H2,(H,20,22)/t13-,14-/m1/s1. The minimum atomic E-state index is -3.73. The van der Waals surface area contributed by atoms with E-state index in [9.17, 15) is 13.2 Å². The number of carbonyl (C=O) groups is 1. The number of ether oxygens (including phenoxy) is 1. The number of halogens is 1. The first kappa shape index (κ1) is 18.7. The number of hydrogen-bond acceptors (Lipinski definition) is 5. The third-order valence-corrected chi connectivity index (χ3v) is 8.50. The van der Waals surface area contributed by atoms with E-state index in [4.69, 9.17) is 16.3 Å². The quantitative estimate of drug-likeness (QED) is 0.814. The highest BCUT2D eigenvalue weighted by Gasteiger charge is 2.41. The maximum Gasteiger partial charge on any atom is 0.253 e. The first-order valence-corrected chi connectivity index (χ1v) is 11.4. The number of fused-ring (bicyclic) bond motifs is 1. The van der Waals surface area contributed by atoms with Crippen molar-refractivity contribution in [3.63, 3.8) is 0 Å². The van der Waals surface area contributed by atoms with Gasteiger partial charge in [0.1, 0.15) is 16.0 Å². The van der Waals surface area contributed by atoms with E-state index >= 15 is 0 Å². The zero-order valence-corrected chi connectivity index (χ0v) is 16.8. The van der Waals surface area contributed by atoms with Crippen LogP contribution in [0.1, 0.15) is 30.9 Å². The van der Waals surface area contributed by atoms with E-state index in [-0.39, 0.29) is 16.2 Å². The molecule has 2 atom stereocenters. The zero-order valence-electron chi connectivity index (χ0n) is 14.4. The summed E-state index contributed by atoms with van der Waals surface area (Å²) in [6.45, 7) is 0.850. The predicted molar refractivity (Wildman–Crippen MR) is 104 cm³/mol. The van der Waals surface area contributed by atoms with Gasteiger partial charge >= 0.3 is 0 Å². The van der Waals surface area contributed by atoms with Gasteiger partial charge in [0.05, 0.1) is 17.0 Å². The first-order valence-electron chi connectivity index (χ1n) is 8.76. The van der Waals surface area contributed by atoms with Crippen LogP contribution in [0.5, 0.6) is 5.75 Å². The molecular weight excluding hydrogens is 408 g/mol. The Balaban J connectivity index is 1.54. The van der Waals surface area contributed by atoms with Crippen LogP contribution in [0.3, 0.4) is 0 Å². The summed E-state index contributed by atoms with van der Waals surface area (Å²) in [5, 5.41) is 3.03. The van der Waals surface area contributed by atoms with Gasteiger partial charge in [-0.15, -0.1) is 11.3 Å². The van der Waals surface area contributed by atoms with Crippen molar-refractivity contribution in [1.29, 1.82) is 0 Å². The van der Waals surface area contributed by atoms with E-state index in [1.807, 2.05) is 24.3 Å². The van der Waals surface area contributed by atoms with E-state index in [2.05, 4.69) is 5.32 Å². The Kier molecular flexibility index (Phi) is 5.15. The third kappa shape index (κ3) is 3.59. The Labute approximate surface area is 167 Å². The smallest absolute Gasteiger partial charge is 0.253 e. The lowest BCUT2D eigenvalue weighted by molar-refractivity contribution is -0.125. The van der Waals surface area contributed by atoms with Gasteiger partial charge in [-0.05, 0) is 31.0 Å². The molecule has 4 rings (SSSR count). The molecular formula is C18H19ClN2O4S2. The molecule has 0 aliphatic carbocycles. The molecule has 6 nitrogen and oxygen atoms in total. The molecule has 2 aliphatic heterocycles. The number of sulfonamides is 1. The van der Waals surface area contributed by atoms with Crippen molar-refractivity contribution >= 4 is 38.9 Å². The van der Waals surface area contributed by atoms with Crippen molar-refractivity contribution in [2.45, 2.75) is 35.6 Å². The molecule has 1 aromatic carbocycles. The highest BCUT2D eigenvalue weighted by molar-refractivity contribution is 7.91. The van der Waals surface area contributed by atoms with Crippen molar-refractivity contribution < 1.29 is 17.9 Å². The fourth-order valence-corrected chi connectivity index (χ4v) is 6.87. The van der Waals surface area contributed by atoms with Crippen LogP contribution >= 0.6 is 22.9 Å². The summed E-state index contributed by atoms with van der Waals surface area (Å²) in [5.41, 5.74) is 0.926. The van der Waals surface area contributed by atoms with Gasteiger partial charge in [0, 0.05) is 18.5 Å². The van der Waals surface area contributed by atoms with Gasteiger partial charge in [-0.2, -0.15) is 4.31 Å². The summed E-state index contributed by atoms with van der Waals surface area (Å²) in [6.07, 6.45) is 1.82. The number of benzene rings is 1. The van der Waals surface area contributed by atoms with Gasteiger partial charge in [-0.1, -0.05) is 29.8 Å². The SMILES string of the molecule is O=C(N[C@@H]1CCOc2ccccc21)[C@H]1CCCN1S(=O)(=O)c1ccc(Cl)s1. The van der Waals surface area contributed by atoms with Gasteiger partial charge in [-0.25, -0.2) is 8.42 Å². The number of nitrogens with zero attached hydrogens (tertiary/aromatic N) is 1. The lowest BCUT2D eigenvalue weighted by Crippen LogP contribution is -2.47. The first-order chi connectivity index (χ1) is 13.0. The summed E-state index contributed by atoms with van der Waals surface area (Å²) in [5.74, 6) is 0.499. The van der Waals surface area contributed by atoms with Crippen LogP contribution in [-0.4, -0.2) is 37.8 Å². The summed E-state index contributed by atoms with van der Waals surface area (Å²) in [4.78, 5) is 12.9. The molecule has 0 spiro atoms. The number of thiophene rings is 1. The molecule has 0 radical (unpaired) electrons. The molecule has 9 heteroatoms. The largest absolute Gasteiger partial charge is 0.493 e. The molecule has 0 bridgehead atoms. The molecule has 1 saturated heterocycles. The normalized spacial score (nSPS) is 22.9. The second-order valence-electron chi connectivity index (χ2n) is 6.57. The van der Waals surface area contributed by atoms with Crippen molar-refractivity contribution in [2.75, 3.05) is 13.2 Å². The van der Waals surface area contributed by atoms with E-state index in [0.717, 1.165) is 22.6 Å². The monoisotopic (exact) mass is 426 g/mol. The highest BCUT2D eigenvalue weighted by Crippen LogP contribution is 2.34. The molecule has 1 amide bonds. The second kappa shape index (κ2) is 7.43. The minimum Gasteiger partial charge on any atom is -0.493 e. The van der Waals surface area contributed by atoms with Gasteiger partial charge in [0.25, 0.3) is 10.0 Å². The van der Waals surface area contributed by atoms with E-state index in [1.54, 1.807) is 6.07 Å². The Hall–Kier alpha value is -1.61. The van der Waals surface area contributed by atoms with Crippen molar-refractivity contribution in [1.82, 2.24) is 9.62 Å². The van der Waals surface area contributed by atoms with Crippen molar-refractivity contribution in [3.8, 4) is 5.75 Å². The molecule has 0 unspecified atom stereocenters. The highest BCUT2D eigenvalue weighted by atomic mass is 35.5. The summed E-state index contributed by atoms with van der Waals surface area (Å²) >= 11 is 6.90. The van der Waals surface area contributed by atoms with Crippen LogP contribution < -0.4 is 10.1 Å². The lowest BCUT2D eigenvalue weighted by Gasteiger charge is -2.29. The molecule has 2 aromatic rings. The molecule has 1 N–H and O–H groups in total. The maximum absolute atomic E-state index is 12.9. The van der Waals surface area contributed by atoms with Gasteiger partial charge in [-0.3, -0.25) is 4.79 Å². The zero-order chi connectivity index (χ0) is 19.0. The number of hydrogen-bond donors (Lipinski definition) is 1. The Morgan fingerprint density at radius 3 is 2.81 bits per heavy atom. The van der Waals surface area contributed by atoms with Gasteiger partial charge < -0.3 is 10.1 Å². The third-order valence-electron chi connectivity index (χ3n) is 4.89. The molecule has 0 saturated carbocycles. The van der Waals surface area contributed by atoms with Crippen LogP contribution in [0.4, 0.5) is 0 Å². The average Bonchev–Trinajstić information content (AvgIpc) is 3.32. The molecule has 3 heterocycles. The summed E-state index contributed by atoms with van der Waals surface area (Å²) < 4.78 is 33.4. The molecule has 1 aromatic heterocycles. The molecule has 2 aliphatic rings. The molecule has 144 valence electrons. The van der Waals surface area contributed by atoms with Crippen LogP contribution in [0.25, 0.3) is 0 Å². The second-order valence-corrected chi connectivity index (χ2v) is 10.4. The number of rotatable bonds is 4. The maximum atomic E-state index is 12.9. The van der Waals surface area contributed by atoms with E-state index in [0.29, 0.717) is 36.8 Å². The minimum absolute atomic E-state index is 0.170. The number of carbonyl (C=O) groups excluding carboxylic acids is 1. The van der Waals surface area contributed by atoms with Crippen molar-refractivity contribution in [3.05, 3.63) is 46.3 Å². The number of nitrogens with one attached hydrogen (secondary N) is 1. The summed E-state index contributed by atoms with van der Waals surface area (Å²) in [7, 11) is -3.73. The predicted octanol–water partition coefficient (Wildman–Crippen LogP) is 3.19. The van der Waals surface area contributed by atoms with E-state index < -0.39 is 16.1 Å². The van der Waals surface area contributed by atoms with Crippen LogP contribution in [-0.2, 0) is 14.8 Å². The van der Waals surface area contributed by atoms with Crippen LogP contribution in [0.2, 0.25) is 4.34 Å². The van der Waals surface area contributed by atoms with E-state index in [1.165, 1.54) is 10.4 Å². The molecule has 1 fully saturated rings. The molecule has 27 heavy (non-hydrogen) atoms. The fourth-order valence-electron chi connectivity index (χ4n) is 3.60. The Morgan fingerprint density at radius 1 is 1.22 bits per heavy atom. The van der Waals surface area contributed by atoms with Gasteiger partial charge in [0.2, 0.25) is 5.91 Å². The van der Waals surface area contributed by atoms with Crippen LogP contribution in [0.15, 0.2) is 40.6 Å². The average molecular weight is 427 g/mol. The Bertz CT molecular complexity index is 960. The summed E-state index contributed by atoms with van der Waals surface area (Å²) in [6, 6.07) is 9.76. The van der Waals surface area contributed by atoms with Crippen molar-refractivity contribution in [2.24, 2.45) is 0 Å².